The SMILES string of the molecule is O=Cc1c[nH]cc1CCC1CC1. The van der Waals surface area contributed by atoms with Crippen LogP contribution in [0.3, 0.4) is 0 Å². The summed E-state index contributed by atoms with van der Waals surface area (Å²) in [6, 6.07) is 0. The highest BCUT2D eigenvalue weighted by molar-refractivity contribution is 5.76. The average molecular weight is 163 g/mol. The van der Waals surface area contributed by atoms with Crippen LogP contribution in [0.5, 0.6) is 0 Å². The van der Waals surface area contributed by atoms with Crippen LogP contribution in [-0.2, 0) is 6.42 Å². The van der Waals surface area contributed by atoms with Crippen LogP contribution in [0.1, 0.15) is 35.2 Å². The van der Waals surface area contributed by atoms with Gasteiger partial charge in [-0.3, -0.25) is 4.79 Å². The highest BCUT2D eigenvalue weighted by Crippen LogP contribution is 2.33. The Labute approximate surface area is 72.0 Å². The molecule has 2 heteroatoms. The van der Waals surface area contributed by atoms with E-state index in [0.29, 0.717) is 0 Å². The van der Waals surface area contributed by atoms with E-state index in [-0.39, 0.29) is 0 Å². The lowest BCUT2D eigenvalue weighted by atomic mass is 10.1. The molecule has 0 aliphatic heterocycles. The molecule has 0 aromatic carbocycles. The van der Waals surface area contributed by atoms with Gasteiger partial charge >= 0.3 is 0 Å². The third kappa shape index (κ3) is 1.58. The quantitative estimate of drug-likeness (QED) is 0.678. The van der Waals surface area contributed by atoms with E-state index >= 15 is 0 Å². The van der Waals surface area contributed by atoms with Crippen molar-refractivity contribution in [2.75, 3.05) is 0 Å². The van der Waals surface area contributed by atoms with Gasteiger partial charge in [0.1, 0.15) is 0 Å². The van der Waals surface area contributed by atoms with Crippen LogP contribution in [0.25, 0.3) is 0 Å². The molecule has 0 spiro atoms. The molecule has 1 heterocycles. The number of aldehydes is 1. The molecule has 2 rings (SSSR count). The standard InChI is InChI=1S/C10H13NO/c12-7-10-6-11-5-9(10)4-3-8-1-2-8/h5-8,11H,1-4H2. The van der Waals surface area contributed by atoms with Gasteiger partial charge in [-0.15, -0.1) is 0 Å². The molecule has 1 saturated carbocycles. The number of hydrogen-bond donors (Lipinski definition) is 1. The third-order valence-corrected chi connectivity index (χ3v) is 2.51. The Morgan fingerprint density at radius 3 is 3.00 bits per heavy atom. The first-order valence-electron chi connectivity index (χ1n) is 4.51. The van der Waals surface area contributed by atoms with Crippen LogP contribution >= 0.6 is 0 Å². The lowest BCUT2D eigenvalue weighted by Gasteiger charge is -1.96. The maximum Gasteiger partial charge on any atom is 0.151 e. The molecule has 64 valence electrons. The normalized spacial score (nSPS) is 16.3. The van der Waals surface area contributed by atoms with E-state index in [1.54, 1.807) is 6.20 Å². The molecule has 0 atom stereocenters. The maximum absolute atomic E-state index is 10.5. The van der Waals surface area contributed by atoms with Gasteiger partial charge in [-0.1, -0.05) is 12.8 Å². The van der Waals surface area contributed by atoms with Crippen LogP contribution in [0.15, 0.2) is 12.4 Å². The second-order valence-corrected chi connectivity index (χ2v) is 3.54. The van der Waals surface area contributed by atoms with Crippen molar-refractivity contribution in [3.63, 3.8) is 0 Å². The van der Waals surface area contributed by atoms with E-state index in [2.05, 4.69) is 4.98 Å². The lowest BCUT2D eigenvalue weighted by Crippen LogP contribution is -1.88. The zero-order valence-electron chi connectivity index (χ0n) is 7.05. The molecular weight excluding hydrogens is 150 g/mol. The Morgan fingerprint density at radius 1 is 1.50 bits per heavy atom. The monoisotopic (exact) mass is 163 g/mol. The van der Waals surface area contributed by atoms with Crippen molar-refractivity contribution in [3.8, 4) is 0 Å². The summed E-state index contributed by atoms with van der Waals surface area (Å²) >= 11 is 0. The smallest absolute Gasteiger partial charge is 0.151 e. The van der Waals surface area contributed by atoms with Crippen molar-refractivity contribution in [3.05, 3.63) is 23.5 Å². The number of aromatic nitrogens is 1. The van der Waals surface area contributed by atoms with Crippen molar-refractivity contribution in [1.29, 1.82) is 0 Å². The summed E-state index contributed by atoms with van der Waals surface area (Å²) < 4.78 is 0. The summed E-state index contributed by atoms with van der Waals surface area (Å²) in [5, 5.41) is 0. The minimum atomic E-state index is 0.829. The first-order valence-corrected chi connectivity index (χ1v) is 4.51. The lowest BCUT2D eigenvalue weighted by molar-refractivity contribution is 0.112. The fraction of sp³-hybridized carbons (Fsp3) is 0.500. The Kier molecular flexibility index (Phi) is 1.98. The van der Waals surface area contributed by atoms with Crippen LogP contribution < -0.4 is 0 Å². The fourth-order valence-corrected chi connectivity index (χ4v) is 1.50. The summed E-state index contributed by atoms with van der Waals surface area (Å²) in [6.07, 6.45) is 9.72. The predicted molar refractivity (Wildman–Crippen MR) is 47.2 cm³/mol. The summed E-state index contributed by atoms with van der Waals surface area (Å²) in [7, 11) is 0. The minimum absolute atomic E-state index is 0.829. The molecule has 12 heavy (non-hydrogen) atoms. The van der Waals surface area contributed by atoms with Crippen molar-refractivity contribution < 1.29 is 4.79 Å². The molecule has 1 fully saturated rings. The number of aryl methyl sites for hydroxylation is 1. The van der Waals surface area contributed by atoms with Gasteiger partial charge < -0.3 is 4.98 Å². The largest absolute Gasteiger partial charge is 0.367 e. The van der Waals surface area contributed by atoms with Crippen molar-refractivity contribution in [2.45, 2.75) is 25.7 Å². The highest BCUT2D eigenvalue weighted by Gasteiger charge is 2.20. The summed E-state index contributed by atoms with van der Waals surface area (Å²) in [4.78, 5) is 13.5. The number of hydrogen-bond acceptors (Lipinski definition) is 1. The number of nitrogens with one attached hydrogen (secondary N) is 1. The second-order valence-electron chi connectivity index (χ2n) is 3.54. The zero-order valence-corrected chi connectivity index (χ0v) is 7.05. The fourth-order valence-electron chi connectivity index (χ4n) is 1.50. The number of carbonyl (C=O) groups is 1. The molecule has 0 bridgehead atoms. The Balaban J connectivity index is 1.95. The van der Waals surface area contributed by atoms with Crippen LogP contribution in [0.4, 0.5) is 0 Å². The van der Waals surface area contributed by atoms with Crippen LogP contribution in [0, 0.1) is 5.92 Å². The summed E-state index contributed by atoms with van der Waals surface area (Å²) in [5.41, 5.74) is 2.01. The van der Waals surface area contributed by atoms with E-state index in [1.807, 2.05) is 6.20 Å². The number of carbonyl (C=O) groups excluding carboxylic acids is 1. The Morgan fingerprint density at radius 2 is 2.33 bits per heavy atom. The summed E-state index contributed by atoms with van der Waals surface area (Å²) in [6.45, 7) is 0. The van der Waals surface area contributed by atoms with Crippen molar-refractivity contribution in [2.24, 2.45) is 5.92 Å². The van der Waals surface area contributed by atoms with E-state index in [0.717, 1.165) is 24.2 Å². The summed E-state index contributed by atoms with van der Waals surface area (Å²) in [5.74, 6) is 0.944. The van der Waals surface area contributed by atoms with Gasteiger partial charge in [-0.05, 0) is 24.3 Å². The molecular formula is C10H13NO. The van der Waals surface area contributed by atoms with Gasteiger partial charge in [-0.2, -0.15) is 0 Å². The van der Waals surface area contributed by atoms with E-state index in [1.165, 1.54) is 24.8 Å². The highest BCUT2D eigenvalue weighted by atomic mass is 16.1. The van der Waals surface area contributed by atoms with E-state index in [9.17, 15) is 4.79 Å². The number of rotatable bonds is 4. The molecule has 0 saturated heterocycles. The predicted octanol–water partition coefficient (Wildman–Crippen LogP) is 2.17. The first-order chi connectivity index (χ1) is 5.90. The van der Waals surface area contributed by atoms with Crippen molar-refractivity contribution >= 4 is 6.29 Å². The first kappa shape index (κ1) is 7.59. The molecule has 1 aliphatic rings. The molecule has 1 aromatic rings. The minimum Gasteiger partial charge on any atom is -0.367 e. The van der Waals surface area contributed by atoms with Gasteiger partial charge in [0.25, 0.3) is 0 Å². The number of aromatic amines is 1. The van der Waals surface area contributed by atoms with Crippen molar-refractivity contribution in [1.82, 2.24) is 4.98 Å². The topological polar surface area (TPSA) is 32.9 Å². The van der Waals surface area contributed by atoms with Crippen LogP contribution in [-0.4, -0.2) is 11.3 Å². The molecule has 2 nitrogen and oxygen atoms in total. The van der Waals surface area contributed by atoms with Gasteiger partial charge in [0.15, 0.2) is 6.29 Å². The second kappa shape index (κ2) is 3.13. The molecule has 0 amide bonds. The average Bonchev–Trinajstić information content (AvgIpc) is 2.81. The Hall–Kier alpha value is -1.05. The maximum atomic E-state index is 10.5. The Bertz CT molecular complexity index is 273. The molecule has 1 N–H and O–H groups in total. The van der Waals surface area contributed by atoms with Gasteiger partial charge in [-0.25, -0.2) is 0 Å². The molecule has 1 aliphatic carbocycles. The zero-order chi connectivity index (χ0) is 8.39. The van der Waals surface area contributed by atoms with Crippen LogP contribution in [0.2, 0.25) is 0 Å². The molecule has 0 radical (unpaired) electrons. The van der Waals surface area contributed by atoms with Gasteiger partial charge in [0.2, 0.25) is 0 Å². The van der Waals surface area contributed by atoms with Gasteiger partial charge in [0.05, 0.1) is 0 Å². The van der Waals surface area contributed by atoms with Gasteiger partial charge in [0, 0.05) is 18.0 Å². The third-order valence-electron chi connectivity index (χ3n) is 2.51. The number of H-pyrrole nitrogens is 1. The molecule has 1 aromatic heterocycles. The van der Waals surface area contributed by atoms with E-state index < -0.39 is 0 Å². The van der Waals surface area contributed by atoms with E-state index in [4.69, 9.17) is 0 Å². The molecule has 0 unspecified atom stereocenters.